The molecule has 0 aromatic carbocycles. The van der Waals surface area contributed by atoms with Gasteiger partial charge in [-0.05, 0) is 13.8 Å². The predicted molar refractivity (Wildman–Crippen MR) is 54.6 cm³/mol. The molecule has 0 bridgehead atoms. The lowest BCUT2D eigenvalue weighted by Crippen LogP contribution is -2.40. The molecule has 0 aromatic heterocycles. The fourth-order valence-electron chi connectivity index (χ4n) is 2.33. The fraction of sp³-hybridized carbons (Fsp3) is 0.800. The maximum absolute atomic E-state index is 11.0. The molecule has 1 amide bonds. The number of hydrogen-bond donors (Lipinski definition) is 2. The molecule has 0 unspecified atom stereocenters. The van der Waals surface area contributed by atoms with Gasteiger partial charge in [0.2, 0.25) is 0 Å². The molecule has 0 radical (unpaired) electrons. The van der Waals surface area contributed by atoms with E-state index in [0.29, 0.717) is 0 Å². The Bertz CT molecular complexity index is 323. The number of nitrogens with zero attached hydrogens (tertiary/aromatic N) is 1. The molecule has 2 fully saturated rings. The first-order valence-corrected chi connectivity index (χ1v) is 5.43. The summed E-state index contributed by atoms with van der Waals surface area (Å²) in [5, 5.41) is 18.0. The van der Waals surface area contributed by atoms with Gasteiger partial charge < -0.3 is 19.7 Å². The van der Waals surface area contributed by atoms with Crippen molar-refractivity contribution < 1.29 is 29.3 Å². The summed E-state index contributed by atoms with van der Waals surface area (Å²) in [5.74, 6) is -2.27. The number of likely N-dealkylation sites (tertiary alicyclic amines) is 1. The second kappa shape index (κ2) is 3.85. The highest BCUT2D eigenvalue weighted by molar-refractivity contribution is 5.80. The van der Waals surface area contributed by atoms with Crippen molar-refractivity contribution in [2.75, 3.05) is 6.54 Å². The SMILES string of the molecule is C[C@H]1OC2(C[C@@H](C(=O)O)N(C(=O)O)C2)O[C@@H]1C. The highest BCUT2D eigenvalue weighted by Crippen LogP contribution is 2.39. The van der Waals surface area contributed by atoms with Crippen LogP contribution >= 0.6 is 0 Å². The van der Waals surface area contributed by atoms with Crippen LogP contribution in [0.15, 0.2) is 0 Å². The standard InChI is InChI=1S/C10H15NO6/c1-5-6(2)17-10(16-5)3-7(8(12)13)11(4-10)9(14)15/h5-7H,3-4H2,1-2H3,(H,12,13)(H,14,15)/t5-,6-,7+/m1/s1. The Labute approximate surface area is 97.9 Å². The molecular formula is C10H15NO6. The molecule has 2 aliphatic rings. The van der Waals surface area contributed by atoms with Gasteiger partial charge in [-0.2, -0.15) is 0 Å². The zero-order chi connectivity index (χ0) is 12.8. The van der Waals surface area contributed by atoms with Crippen molar-refractivity contribution in [3.63, 3.8) is 0 Å². The minimum absolute atomic E-state index is 0.0311. The van der Waals surface area contributed by atoms with E-state index in [1.54, 1.807) is 0 Å². The van der Waals surface area contributed by atoms with Crippen molar-refractivity contribution >= 4 is 12.1 Å². The molecule has 0 aliphatic carbocycles. The molecule has 2 aliphatic heterocycles. The van der Waals surface area contributed by atoms with Crippen molar-refractivity contribution in [2.45, 2.75) is 44.3 Å². The lowest BCUT2D eigenvalue weighted by Gasteiger charge is -2.21. The molecule has 7 nitrogen and oxygen atoms in total. The topological polar surface area (TPSA) is 96.3 Å². The Morgan fingerprint density at radius 3 is 2.12 bits per heavy atom. The van der Waals surface area contributed by atoms with Gasteiger partial charge in [0.05, 0.1) is 18.8 Å². The molecule has 2 heterocycles. The molecule has 2 N–H and O–H groups in total. The highest BCUT2D eigenvalue weighted by atomic mass is 16.8. The number of ether oxygens (including phenoxy) is 2. The zero-order valence-electron chi connectivity index (χ0n) is 9.62. The highest BCUT2D eigenvalue weighted by Gasteiger charge is 2.56. The molecule has 1 spiro atoms. The van der Waals surface area contributed by atoms with E-state index in [0.717, 1.165) is 4.90 Å². The van der Waals surface area contributed by atoms with Crippen LogP contribution in [-0.2, 0) is 14.3 Å². The van der Waals surface area contributed by atoms with Gasteiger partial charge in [-0.15, -0.1) is 0 Å². The van der Waals surface area contributed by atoms with E-state index < -0.39 is 23.9 Å². The van der Waals surface area contributed by atoms with Crippen molar-refractivity contribution in [3.05, 3.63) is 0 Å². The van der Waals surface area contributed by atoms with Crippen molar-refractivity contribution in [2.24, 2.45) is 0 Å². The van der Waals surface area contributed by atoms with Gasteiger partial charge in [-0.25, -0.2) is 9.59 Å². The second-order valence-electron chi connectivity index (χ2n) is 4.53. The number of carboxylic acid groups (broad SMARTS) is 2. The van der Waals surface area contributed by atoms with Crippen LogP contribution in [0.1, 0.15) is 20.3 Å². The number of rotatable bonds is 1. The summed E-state index contributed by atoms with van der Waals surface area (Å²) in [5.41, 5.74) is 0. The van der Waals surface area contributed by atoms with Gasteiger partial charge in [-0.3, -0.25) is 4.90 Å². The van der Waals surface area contributed by atoms with E-state index in [4.69, 9.17) is 19.7 Å². The smallest absolute Gasteiger partial charge is 0.408 e. The van der Waals surface area contributed by atoms with E-state index in [2.05, 4.69) is 0 Å². The Kier molecular flexibility index (Phi) is 2.75. The van der Waals surface area contributed by atoms with Gasteiger partial charge in [0, 0.05) is 6.42 Å². The second-order valence-corrected chi connectivity index (χ2v) is 4.53. The van der Waals surface area contributed by atoms with Gasteiger partial charge in [0.1, 0.15) is 6.04 Å². The van der Waals surface area contributed by atoms with E-state index >= 15 is 0 Å². The third-order valence-electron chi connectivity index (χ3n) is 3.28. The van der Waals surface area contributed by atoms with Crippen molar-refractivity contribution in [1.29, 1.82) is 0 Å². The Hall–Kier alpha value is -1.34. The Morgan fingerprint density at radius 1 is 1.24 bits per heavy atom. The summed E-state index contributed by atoms with van der Waals surface area (Å²) in [4.78, 5) is 22.8. The number of carboxylic acids is 1. The predicted octanol–water partition coefficient (Wildman–Crippen LogP) is 0.343. The van der Waals surface area contributed by atoms with Crippen LogP contribution in [0.25, 0.3) is 0 Å². The van der Waals surface area contributed by atoms with E-state index in [-0.39, 0.29) is 25.2 Å². The van der Waals surface area contributed by atoms with E-state index in [1.165, 1.54) is 0 Å². The van der Waals surface area contributed by atoms with Crippen molar-refractivity contribution in [3.8, 4) is 0 Å². The largest absolute Gasteiger partial charge is 0.480 e. The number of hydrogen-bond acceptors (Lipinski definition) is 4. The van der Waals surface area contributed by atoms with E-state index in [9.17, 15) is 9.59 Å². The molecule has 2 saturated heterocycles. The van der Waals surface area contributed by atoms with Gasteiger partial charge in [0.15, 0.2) is 5.79 Å². The first-order chi connectivity index (χ1) is 7.84. The minimum Gasteiger partial charge on any atom is -0.480 e. The van der Waals surface area contributed by atoms with Crippen LogP contribution in [0.4, 0.5) is 4.79 Å². The summed E-state index contributed by atoms with van der Waals surface area (Å²) < 4.78 is 11.2. The average Bonchev–Trinajstić information content (AvgIpc) is 2.69. The van der Waals surface area contributed by atoms with Crippen LogP contribution in [-0.4, -0.2) is 57.8 Å². The molecule has 2 rings (SSSR count). The number of aliphatic carboxylic acids is 1. The van der Waals surface area contributed by atoms with Gasteiger partial charge in [0.25, 0.3) is 0 Å². The van der Waals surface area contributed by atoms with Crippen LogP contribution < -0.4 is 0 Å². The molecule has 0 saturated carbocycles. The lowest BCUT2D eigenvalue weighted by molar-refractivity contribution is -0.163. The summed E-state index contributed by atoms with van der Waals surface area (Å²) in [6.45, 7) is 3.57. The molecular weight excluding hydrogens is 230 g/mol. The van der Waals surface area contributed by atoms with Gasteiger partial charge >= 0.3 is 12.1 Å². The number of carbonyl (C=O) groups is 2. The maximum Gasteiger partial charge on any atom is 0.408 e. The minimum atomic E-state index is -1.27. The summed E-state index contributed by atoms with van der Waals surface area (Å²) in [6.07, 6.45) is -1.58. The van der Waals surface area contributed by atoms with Crippen LogP contribution in [0, 0.1) is 0 Å². The molecule has 96 valence electrons. The van der Waals surface area contributed by atoms with Crippen LogP contribution in [0.5, 0.6) is 0 Å². The quantitative estimate of drug-likeness (QED) is 0.691. The Morgan fingerprint density at radius 2 is 1.76 bits per heavy atom. The monoisotopic (exact) mass is 245 g/mol. The van der Waals surface area contributed by atoms with E-state index in [1.807, 2.05) is 13.8 Å². The first kappa shape index (κ1) is 12.1. The summed E-state index contributed by atoms with van der Waals surface area (Å²) >= 11 is 0. The third kappa shape index (κ3) is 1.96. The normalized spacial score (nSPS) is 35.4. The molecule has 3 atom stereocenters. The lowest BCUT2D eigenvalue weighted by atomic mass is 10.1. The van der Waals surface area contributed by atoms with Gasteiger partial charge in [-0.1, -0.05) is 0 Å². The first-order valence-electron chi connectivity index (χ1n) is 5.43. The summed E-state index contributed by atoms with van der Waals surface area (Å²) in [6, 6.07) is -1.11. The van der Waals surface area contributed by atoms with Crippen LogP contribution in [0.3, 0.4) is 0 Å². The maximum atomic E-state index is 11.0. The molecule has 0 aromatic rings. The zero-order valence-corrected chi connectivity index (χ0v) is 9.62. The third-order valence-corrected chi connectivity index (χ3v) is 3.28. The fourth-order valence-corrected chi connectivity index (χ4v) is 2.33. The number of amides is 1. The van der Waals surface area contributed by atoms with Crippen molar-refractivity contribution in [1.82, 2.24) is 4.90 Å². The molecule has 17 heavy (non-hydrogen) atoms. The van der Waals surface area contributed by atoms with Crippen LogP contribution in [0.2, 0.25) is 0 Å². The molecule has 7 heteroatoms. The summed E-state index contributed by atoms with van der Waals surface area (Å²) in [7, 11) is 0. The Balaban J connectivity index is 2.20. The average molecular weight is 245 g/mol.